The number of amides is 1. The maximum Gasteiger partial charge on any atom is 0.268 e. The second-order valence-electron chi connectivity index (χ2n) is 7.75. The normalized spacial score (nSPS) is 11.3. The molecule has 1 heterocycles. The van der Waals surface area contributed by atoms with E-state index in [1.165, 1.54) is 0 Å². The number of allylic oxidation sites excluding steroid dienone is 1. The highest BCUT2D eigenvalue weighted by Gasteiger charge is 2.15. The maximum absolute atomic E-state index is 12.7. The monoisotopic (exact) mass is 460 g/mol. The number of unbranched alkanes of at least 4 members (excludes halogenated alkanes) is 1. The van der Waals surface area contributed by atoms with Gasteiger partial charge in [0.1, 0.15) is 12.3 Å². The van der Waals surface area contributed by atoms with Crippen LogP contribution in [0.3, 0.4) is 0 Å². The average molecular weight is 461 g/mol. The van der Waals surface area contributed by atoms with Gasteiger partial charge in [0.05, 0.1) is 6.61 Å². The van der Waals surface area contributed by atoms with Crippen LogP contribution in [0, 0.1) is 0 Å². The smallest absolute Gasteiger partial charge is 0.268 e. The minimum Gasteiger partial charge on any atom is -0.494 e. The third kappa shape index (κ3) is 7.08. The second kappa shape index (κ2) is 13.0. The number of carbonyl (C=O) groups excluding carboxylic acids is 1. The van der Waals surface area contributed by atoms with Gasteiger partial charge < -0.3 is 25.5 Å². The van der Waals surface area contributed by atoms with E-state index in [0.29, 0.717) is 19.6 Å². The van der Waals surface area contributed by atoms with Crippen molar-refractivity contribution in [1.82, 2.24) is 9.88 Å². The van der Waals surface area contributed by atoms with Gasteiger partial charge in [-0.3, -0.25) is 4.79 Å². The van der Waals surface area contributed by atoms with E-state index in [1.807, 2.05) is 77.4 Å². The SMILES string of the molecule is C=CCCCOc1ccc(-c2ccc(-c3ccccc3)n2CC(=O)/N=C(/N)NCCCO)cc1. The summed E-state index contributed by atoms with van der Waals surface area (Å²) in [7, 11) is 0. The van der Waals surface area contributed by atoms with E-state index in [0.717, 1.165) is 41.1 Å². The standard InChI is InChI=1S/C27H32N4O3/c1-2-3-7-19-34-23-13-11-22(12-14-23)25-16-15-24(21-9-5-4-6-10-21)31(25)20-26(33)30-27(28)29-17-8-18-32/h2,4-6,9-16,32H,1,3,7-8,17-20H2,(H3,28,29,30,33). The molecule has 0 atom stereocenters. The van der Waals surface area contributed by atoms with Crippen LogP contribution in [-0.4, -0.2) is 41.3 Å². The molecule has 3 rings (SSSR count). The number of aliphatic imine (C=N–C) groups is 1. The number of carbonyl (C=O) groups is 1. The molecule has 0 saturated carbocycles. The first-order valence-corrected chi connectivity index (χ1v) is 11.4. The number of hydrogen-bond donors (Lipinski definition) is 3. The molecule has 0 aliphatic carbocycles. The molecule has 0 aliphatic rings. The largest absolute Gasteiger partial charge is 0.494 e. The molecule has 1 amide bonds. The number of hydrogen-bond acceptors (Lipinski definition) is 3. The number of rotatable bonds is 12. The summed E-state index contributed by atoms with van der Waals surface area (Å²) in [4.78, 5) is 16.7. The van der Waals surface area contributed by atoms with Crippen LogP contribution in [0.15, 0.2) is 84.4 Å². The molecule has 0 aliphatic heterocycles. The third-order valence-corrected chi connectivity index (χ3v) is 5.20. The minimum absolute atomic E-state index is 0.0365. The number of aliphatic hydroxyl groups excluding tert-OH is 1. The van der Waals surface area contributed by atoms with Crippen LogP contribution in [0.5, 0.6) is 5.75 Å². The van der Waals surface area contributed by atoms with Crippen LogP contribution in [-0.2, 0) is 11.3 Å². The van der Waals surface area contributed by atoms with E-state index in [1.54, 1.807) is 0 Å². The summed E-state index contributed by atoms with van der Waals surface area (Å²) in [6.07, 6.45) is 4.26. The molecular weight excluding hydrogens is 428 g/mol. The summed E-state index contributed by atoms with van der Waals surface area (Å²) in [5, 5.41) is 11.7. The lowest BCUT2D eigenvalue weighted by atomic mass is 10.1. The van der Waals surface area contributed by atoms with Crippen LogP contribution in [0.4, 0.5) is 0 Å². The number of benzene rings is 2. The van der Waals surface area contributed by atoms with Crippen molar-refractivity contribution in [3.05, 3.63) is 79.4 Å². The lowest BCUT2D eigenvalue weighted by molar-refractivity contribution is -0.118. The number of nitrogens with one attached hydrogen (secondary N) is 1. The van der Waals surface area contributed by atoms with Crippen molar-refractivity contribution in [2.45, 2.75) is 25.8 Å². The Labute approximate surface area is 200 Å². The van der Waals surface area contributed by atoms with Gasteiger partial charge in [0.2, 0.25) is 0 Å². The van der Waals surface area contributed by atoms with Crippen molar-refractivity contribution in [3.63, 3.8) is 0 Å². The van der Waals surface area contributed by atoms with Gasteiger partial charge in [0.15, 0.2) is 5.96 Å². The molecule has 7 nitrogen and oxygen atoms in total. The number of guanidine groups is 1. The van der Waals surface area contributed by atoms with Crippen LogP contribution >= 0.6 is 0 Å². The molecule has 0 bridgehead atoms. The van der Waals surface area contributed by atoms with E-state index in [4.69, 9.17) is 15.6 Å². The number of nitrogens with zero attached hydrogens (tertiary/aromatic N) is 2. The first-order valence-electron chi connectivity index (χ1n) is 11.4. The zero-order valence-corrected chi connectivity index (χ0v) is 19.3. The molecule has 4 N–H and O–H groups in total. The molecule has 0 saturated heterocycles. The van der Waals surface area contributed by atoms with Gasteiger partial charge in [0.25, 0.3) is 5.91 Å². The topological polar surface area (TPSA) is 102 Å². The molecule has 7 heteroatoms. The van der Waals surface area contributed by atoms with E-state index < -0.39 is 0 Å². The predicted molar refractivity (Wildman–Crippen MR) is 137 cm³/mol. The molecule has 0 radical (unpaired) electrons. The quantitative estimate of drug-likeness (QED) is 0.164. The lowest BCUT2D eigenvalue weighted by Gasteiger charge is -2.13. The van der Waals surface area contributed by atoms with Crippen molar-refractivity contribution >= 4 is 11.9 Å². The highest BCUT2D eigenvalue weighted by atomic mass is 16.5. The van der Waals surface area contributed by atoms with Gasteiger partial charge in [-0.15, -0.1) is 6.58 Å². The Morgan fingerprint density at radius 1 is 1.03 bits per heavy atom. The maximum atomic E-state index is 12.7. The molecule has 2 aromatic carbocycles. The Hall–Kier alpha value is -3.84. The first-order chi connectivity index (χ1) is 16.6. The Balaban J connectivity index is 1.84. The van der Waals surface area contributed by atoms with E-state index in [2.05, 4.69) is 16.9 Å². The number of aliphatic hydroxyl groups is 1. The van der Waals surface area contributed by atoms with Gasteiger partial charge in [-0.25, -0.2) is 0 Å². The molecule has 1 aromatic heterocycles. The van der Waals surface area contributed by atoms with E-state index >= 15 is 0 Å². The van der Waals surface area contributed by atoms with E-state index in [9.17, 15) is 4.79 Å². The first kappa shape index (κ1) is 24.8. The van der Waals surface area contributed by atoms with Crippen LogP contribution in [0.2, 0.25) is 0 Å². The van der Waals surface area contributed by atoms with Crippen LogP contribution in [0.25, 0.3) is 22.5 Å². The highest BCUT2D eigenvalue weighted by molar-refractivity contribution is 5.92. The van der Waals surface area contributed by atoms with Gasteiger partial charge in [-0.2, -0.15) is 4.99 Å². The fourth-order valence-corrected chi connectivity index (χ4v) is 3.53. The van der Waals surface area contributed by atoms with Gasteiger partial charge >= 0.3 is 0 Å². The zero-order chi connectivity index (χ0) is 24.2. The lowest BCUT2D eigenvalue weighted by Crippen LogP contribution is -2.34. The summed E-state index contributed by atoms with van der Waals surface area (Å²) in [5.41, 5.74) is 9.60. The zero-order valence-electron chi connectivity index (χ0n) is 19.3. The number of aromatic nitrogens is 1. The molecule has 0 unspecified atom stereocenters. The van der Waals surface area contributed by atoms with Crippen molar-refractivity contribution in [2.75, 3.05) is 19.8 Å². The average Bonchev–Trinajstić information content (AvgIpc) is 3.26. The molecule has 3 aromatic rings. The van der Waals surface area contributed by atoms with Crippen molar-refractivity contribution in [1.29, 1.82) is 0 Å². The van der Waals surface area contributed by atoms with Crippen LogP contribution < -0.4 is 15.8 Å². The van der Waals surface area contributed by atoms with Gasteiger partial charge in [0, 0.05) is 24.5 Å². The van der Waals surface area contributed by atoms with E-state index in [-0.39, 0.29) is 25.0 Å². The highest BCUT2D eigenvalue weighted by Crippen LogP contribution is 2.30. The third-order valence-electron chi connectivity index (χ3n) is 5.20. The van der Waals surface area contributed by atoms with Crippen molar-refractivity contribution in [3.8, 4) is 28.3 Å². The predicted octanol–water partition coefficient (Wildman–Crippen LogP) is 3.98. The summed E-state index contributed by atoms with van der Waals surface area (Å²) in [6, 6.07) is 21.8. The van der Waals surface area contributed by atoms with Crippen LogP contribution in [0.1, 0.15) is 19.3 Å². The van der Waals surface area contributed by atoms with Crippen molar-refractivity contribution in [2.24, 2.45) is 10.7 Å². The fraction of sp³-hybridized carbons (Fsp3) is 0.259. The minimum atomic E-state index is -0.370. The molecule has 0 fully saturated rings. The Morgan fingerprint density at radius 3 is 2.35 bits per heavy atom. The summed E-state index contributed by atoms with van der Waals surface area (Å²) in [5.74, 6) is 0.480. The van der Waals surface area contributed by atoms with Gasteiger partial charge in [-0.05, 0) is 66.8 Å². The molecule has 178 valence electrons. The Bertz CT molecular complexity index is 1090. The van der Waals surface area contributed by atoms with Gasteiger partial charge in [-0.1, -0.05) is 36.4 Å². The fourth-order valence-electron chi connectivity index (χ4n) is 3.53. The molecular formula is C27H32N4O3. The number of nitrogens with two attached hydrogens (primary N) is 1. The van der Waals surface area contributed by atoms with Crippen molar-refractivity contribution < 1.29 is 14.6 Å². The number of ether oxygens (including phenoxy) is 1. The summed E-state index contributed by atoms with van der Waals surface area (Å²) >= 11 is 0. The Morgan fingerprint density at radius 2 is 1.71 bits per heavy atom. The second-order valence-corrected chi connectivity index (χ2v) is 7.75. The molecule has 0 spiro atoms. The molecule has 34 heavy (non-hydrogen) atoms. The summed E-state index contributed by atoms with van der Waals surface area (Å²) in [6.45, 7) is 4.89. The summed E-state index contributed by atoms with van der Waals surface area (Å²) < 4.78 is 7.74. The Kier molecular flexibility index (Phi) is 9.49.